The Morgan fingerprint density at radius 1 is 1.05 bits per heavy atom. The topological polar surface area (TPSA) is 24.3 Å². The van der Waals surface area contributed by atoms with Crippen LogP contribution in [-0.4, -0.2) is 51.8 Å². The lowest BCUT2D eigenvalue weighted by Gasteiger charge is -2.37. The smallest absolute Gasteiger partial charge is 0.0659 e. The Balaban J connectivity index is 1.40. The summed E-state index contributed by atoms with van der Waals surface area (Å²) in [6.07, 6.45) is 6.63. The number of nitrogens with zero attached hydrogens (tertiary/aromatic N) is 4. The molecule has 0 spiro atoms. The minimum Gasteiger partial charge on any atom is -0.298 e. The standard InChI is InChI=1S/C18H24N4/c1-4-16(12-17(5-1)14-22-9-3-7-19-22)13-20-10-11-21-8-2-6-18(21)15-20/h1,3-5,7,9,12,18H,2,6,8,10-11,13-15H2/t18-/m0/s1. The minimum atomic E-state index is 0.806. The molecule has 0 aliphatic carbocycles. The molecule has 2 aromatic rings. The van der Waals surface area contributed by atoms with Crippen molar-refractivity contribution in [3.8, 4) is 0 Å². The van der Waals surface area contributed by atoms with E-state index in [1.54, 1.807) is 0 Å². The molecule has 0 saturated carbocycles. The maximum atomic E-state index is 4.29. The molecular weight excluding hydrogens is 272 g/mol. The van der Waals surface area contributed by atoms with Gasteiger partial charge in [0.2, 0.25) is 0 Å². The van der Waals surface area contributed by atoms with E-state index in [9.17, 15) is 0 Å². The lowest BCUT2D eigenvalue weighted by molar-refractivity contribution is 0.0993. The molecule has 4 rings (SSSR count). The van der Waals surface area contributed by atoms with E-state index in [4.69, 9.17) is 0 Å². The van der Waals surface area contributed by atoms with Crippen molar-refractivity contribution in [3.05, 3.63) is 53.9 Å². The lowest BCUT2D eigenvalue weighted by atomic mass is 10.1. The average molecular weight is 296 g/mol. The molecule has 0 unspecified atom stereocenters. The first-order valence-electron chi connectivity index (χ1n) is 8.38. The lowest BCUT2D eigenvalue weighted by Crippen LogP contribution is -2.49. The van der Waals surface area contributed by atoms with Gasteiger partial charge in [0.15, 0.2) is 0 Å². The summed E-state index contributed by atoms with van der Waals surface area (Å²) in [6.45, 7) is 6.95. The van der Waals surface area contributed by atoms with E-state index in [0.717, 1.165) is 19.1 Å². The van der Waals surface area contributed by atoms with Crippen LogP contribution in [-0.2, 0) is 13.1 Å². The van der Waals surface area contributed by atoms with Gasteiger partial charge in [0.1, 0.15) is 0 Å². The fourth-order valence-electron chi connectivity index (χ4n) is 3.86. The highest BCUT2D eigenvalue weighted by Crippen LogP contribution is 2.22. The van der Waals surface area contributed by atoms with Gasteiger partial charge in [-0.05, 0) is 36.6 Å². The molecule has 22 heavy (non-hydrogen) atoms. The average Bonchev–Trinajstić information content (AvgIpc) is 3.18. The molecule has 4 nitrogen and oxygen atoms in total. The fraction of sp³-hybridized carbons (Fsp3) is 0.500. The molecule has 0 N–H and O–H groups in total. The number of benzene rings is 1. The monoisotopic (exact) mass is 296 g/mol. The van der Waals surface area contributed by atoms with Gasteiger partial charge in [0.05, 0.1) is 6.54 Å². The van der Waals surface area contributed by atoms with Gasteiger partial charge >= 0.3 is 0 Å². The molecule has 0 bridgehead atoms. The Hall–Kier alpha value is -1.65. The Labute approximate surface area is 132 Å². The van der Waals surface area contributed by atoms with Gasteiger partial charge in [-0.1, -0.05) is 24.3 Å². The molecule has 1 aromatic carbocycles. The zero-order valence-corrected chi connectivity index (χ0v) is 13.1. The molecule has 116 valence electrons. The quantitative estimate of drug-likeness (QED) is 0.864. The van der Waals surface area contributed by atoms with Crippen molar-refractivity contribution in [2.24, 2.45) is 0 Å². The van der Waals surface area contributed by atoms with Crippen molar-refractivity contribution in [1.82, 2.24) is 19.6 Å². The second-order valence-electron chi connectivity index (χ2n) is 6.59. The highest BCUT2D eigenvalue weighted by Gasteiger charge is 2.30. The summed E-state index contributed by atoms with van der Waals surface area (Å²) in [5.74, 6) is 0. The van der Waals surface area contributed by atoms with Crippen LogP contribution in [0.4, 0.5) is 0 Å². The largest absolute Gasteiger partial charge is 0.298 e. The molecule has 2 saturated heterocycles. The zero-order chi connectivity index (χ0) is 14.8. The van der Waals surface area contributed by atoms with Gasteiger partial charge < -0.3 is 0 Å². The van der Waals surface area contributed by atoms with Gasteiger partial charge in [-0.2, -0.15) is 5.10 Å². The van der Waals surface area contributed by atoms with Crippen molar-refractivity contribution in [3.63, 3.8) is 0 Å². The number of rotatable bonds is 4. The molecule has 2 aliphatic rings. The first-order valence-corrected chi connectivity index (χ1v) is 8.38. The van der Waals surface area contributed by atoms with E-state index in [1.807, 2.05) is 23.1 Å². The Kier molecular flexibility index (Phi) is 3.95. The van der Waals surface area contributed by atoms with E-state index >= 15 is 0 Å². The molecule has 1 aromatic heterocycles. The van der Waals surface area contributed by atoms with Gasteiger partial charge in [-0.25, -0.2) is 0 Å². The van der Waals surface area contributed by atoms with Crippen molar-refractivity contribution in [2.75, 3.05) is 26.2 Å². The SMILES string of the molecule is c1cc(CN2CCN3CCC[C@H]3C2)cc(Cn2cccn2)c1. The predicted octanol–water partition coefficient (Wildman–Crippen LogP) is 2.21. The maximum Gasteiger partial charge on any atom is 0.0659 e. The van der Waals surface area contributed by atoms with E-state index in [0.29, 0.717) is 0 Å². The van der Waals surface area contributed by atoms with Gasteiger partial charge in [-0.3, -0.25) is 14.5 Å². The van der Waals surface area contributed by atoms with Gasteiger partial charge in [0.25, 0.3) is 0 Å². The molecular formula is C18H24N4. The molecule has 0 amide bonds. The Bertz CT molecular complexity index is 607. The van der Waals surface area contributed by atoms with Crippen LogP contribution in [0.25, 0.3) is 0 Å². The van der Waals surface area contributed by atoms with Crippen LogP contribution in [0, 0.1) is 0 Å². The number of hydrogen-bond donors (Lipinski definition) is 0. The number of fused-ring (bicyclic) bond motifs is 1. The van der Waals surface area contributed by atoms with Gasteiger partial charge in [0, 0.05) is 44.6 Å². The highest BCUT2D eigenvalue weighted by molar-refractivity contribution is 5.23. The molecule has 2 aliphatic heterocycles. The van der Waals surface area contributed by atoms with Crippen molar-refractivity contribution >= 4 is 0 Å². The van der Waals surface area contributed by atoms with Crippen LogP contribution < -0.4 is 0 Å². The van der Waals surface area contributed by atoms with Crippen LogP contribution in [0.3, 0.4) is 0 Å². The third kappa shape index (κ3) is 3.08. The summed E-state index contributed by atoms with van der Waals surface area (Å²) >= 11 is 0. The molecule has 1 atom stereocenters. The normalized spacial score (nSPS) is 22.8. The van der Waals surface area contributed by atoms with Gasteiger partial charge in [-0.15, -0.1) is 0 Å². The van der Waals surface area contributed by atoms with Crippen LogP contribution in [0.5, 0.6) is 0 Å². The Morgan fingerprint density at radius 2 is 1.95 bits per heavy atom. The summed E-state index contributed by atoms with van der Waals surface area (Å²) in [5.41, 5.74) is 2.76. The molecule has 2 fully saturated rings. The maximum absolute atomic E-state index is 4.29. The molecule has 0 radical (unpaired) electrons. The minimum absolute atomic E-state index is 0.806. The highest BCUT2D eigenvalue weighted by atomic mass is 15.3. The zero-order valence-electron chi connectivity index (χ0n) is 13.1. The summed E-state index contributed by atoms with van der Waals surface area (Å²) in [7, 11) is 0. The van der Waals surface area contributed by atoms with Crippen molar-refractivity contribution < 1.29 is 0 Å². The predicted molar refractivity (Wildman–Crippen MR) is 87.6 cm³/mol. The van der Waals surface area contributed by atoms with E-state index in [2.05, 4.69) is 39.2 Å². The number of aromatic nitrogens is 2. The number of hydrogen-bond acceptors (Lipinski definition) is 3. The first-order chi connectivity index (χ1) is 10.9. The van der Waals surface area contributed by atoms with Crippen LogP contribution in [0.15, 0.2) is 42.7 Å². The third-order valence-electron chi connectivity index (χ3n) is 4.97. The number of piperazine rings is 1. The second-order valence-corrected chi connectivity index (χ2v) is 6.59. The van der Waals surface area contributed by atoms with Crippen LogP contribution >= 0.6 is 0 Å². The summed E-state index contributed by atoms with van der Waals surface area (Å²) in [6, 6.07) is 11.8. The summed E-state index contributed by atoms with van der Waals surface area (Å²) in [4.78, 5) is 5.30. The van der Waals surface area contributed by atoms with Crippen LogP contribution in [0.1, 0.15) is 24.0 Å². The van der Waals surface area contributed by atoms with E-state index in [-0.39, 0.29) is 0 Å². The fourth-order valence-corrected chi connectivity index (χ4v) is 3.86. The molecule has 3 heterocycles. The third-order valence-corrected chi connectivity index (χ3v) is 4.97. The van der Waals surface area contributed by atoms with E-state index < -0.39 is 0 Å². The second kappa shape index (κ2) is 6.23. The first kappa shape index (κ1) is 14.0. The van der Waals surface area contributed by atoms with Crippen molar-refractivity contribution in [2.45, 2.75) is 32.0 Å². The van der Waals surface area contributed by atoms with E-state index in [1.165, 1.54) is 50.1 Å². The van der Waals surface area contributed by atoms with Crippen LogP contribution in [0.2, 0.25) is 0 Å². The summed E-state index contributed by atoms with van der Waals surface area (Å²) in [5, 5.41) is 4.29. The Morgan fingerprint density at radius 3 is 2.82 bits per heavy atom. The summed E-state index contributed by atoms with van der Waals surface area (Å²) < 4.78 is 1.98. The molecule has 4 heteroatoms. The van der Waals surface area contributed by atoms with Crippen molar-refractivity contribution in [1.29, 1.82) is 0 Å².